The van der Waals surface area contributed by atoms with Gasteiger partial charge in [-0.25, -0.2) is 15.2 Å². The minimum atomic E-state index is -0.539. The van der Waals surface area contributed by atoms with Crippen LogP contribution in [0.4, 0.5) is 4.79 Å². The van der Waals surface area contributed by atoms with Crippen LogP contribution in [0.2, 0.25) is 0 Å². The quantitative estimate of drug-likeness (QED) is 0.587. The molecular formula is C19H26N6O2. The number of guanidine groups is 1. The molecule has 2 N–H and O–H groups in total. The number of nitrogens with one attached hydrogen (secondary N) is 2. The van der Waals surface area contributed by atoms with Gasteiger partial charge in [-0.05, 0) is 31.7 Å². The van der Waals surface area contributed by atoms with Crippen LogP contribution in [0.5, 0.6) is 0 Å². The number of carbonyl (C=O) groups excluding carboxylic acids is 2. The van der Waals surface area contributed by atoms with E-state index in [2.05, 4.69) is 33.0 Å². The lowest BCUT2D eigenvalue weighted by atomic mass is 10.1. The van der Waals surface area contributed by atoms with Gasteiger partial charge in [0.25, 0.3) is 5.91 Å². The van der Waals surface area contributed by atoms with Crippen molar-refractivity contribution in [1.82, 2.24) is 20.5 Å². The van der Waals surface area contributed by atoms with Crippen molar-refractivity contribution in [3.05, 3.63) is 35.9 Å². The highest BCUT2D eigenvalue weighted by atomic mass is 16.2. The summed E-state index contributed by atoms with van der Waals surface area (Å²) in [5.74, 6) is 0.210. The number of amides is 3. The average molecular weight is 370 g/mol. The number of likely N-dealkylation sites (N-methyl/N-ethyl adjacent to an activating group) is 1. The van der Waals surface area contributed by atoms with Crippen LogP contribution in [-0.2, 0) is 11.2 Å². The standard InChI is InChI=1S/C19H26N6O2/c1-4-13(2)22-23-18-20-16-15(17(26)21-19(27)24(16)3)25(18)12-8-11-14-9-6-5-7-10-14/h5-7,9-10,15-16H,4,8,11-12H2,1-3H3,(H,20,23)(H,21,26,27)/b22-13-. The Labute approximate surface area is 159 Å². The van der Waals surface area contributed by atoms with Gasteiger partial charge < -0.3 is 9.80 Å². The molecule has 0 radical (unpaired) electrons. The zero-order valence-electron chi connectivity index (χ0n) is 16.0. The minimum absolute atomic E-state index is 0.320. The third-order valence-electron chi connectivity index (χ3n) is 4.93. The molecule has 1 fully saturated rings. The second-order valence-electron chi connectivity index (χ2n) is 6.81. The first-order valence-corrected chi connectivity index (χ1v) is 9.26. The van der Waals surface area contributed by atoms with Gasteiger partial charge in [0.05, 0.1) is 0 Å². The number of nitrogens with zero attached hydrogens (tertiary/aromatic N) is 4. The minimum Gasteiger partial charge on any atom is -0.326 e. The van der Waals surface area contributed by atoms with E-state index in [1.807, 2.05) is 36.9 Å². The SMILES string of the molecule is CC/C(C)=N\NC1=NC2C(C(=O)NC(=O)N2C)N1CCCc1ccccc1. The van der Waals surface area contributed by atoms with Crippen molar-refractivity contribution < 1.29 is 9.59 Å². The lowest BCUT2D eigenvalue weighted by molar-refractivity contribution is -0.127. The van der Waals surface area contributed by atoms with Gasteiger partial charge >= 0.3 is 6.03 Å². The summed E-state index contributed by atoms with van der Waals surface area (Å²) in [6.07, 6.45) is 2.04. The molecule has 2 aliphatic rings. The summed E-state index contributed by atoms with van der Waals surface area (Å²) in [4.78, 5) is 32.4. The fraction of sp³-hybridized carbons (Fsp3) is 0.474. The molecule has 0 bridgehead atoms. The first-order chi connectivity index (χ1) is 13.0. The molecular weight excluding hydrogens is 344 g/mol. The van der Waals surface area contributed by atoms with E-state index in [-0.39, 0.29) is 5.91 Å². The number of fused-ring (bicyclic) bond motifs is 1. The molecule has 1 saturated heterocycles. The maximum Gasteiger partial charge on any atom is 0.325 e. The molecule has 1 aromatic rings. The zero-order valence-corrected chi connectivity index (χ0v) is 16.0. The van der Waals surface area contributed by atoms with Gasteiger partial charge in [-0.1, -0.05) is 37.3 Å². The van der Waals surface area contributed by atoms with Gasteiger partial charge in [-0.15, -0.1) is 0 Å². The van der Waals surface area contributed by atoms with E-state index in [4.69, 9.17) is 0 Å². The summed E-state index contributed by atoms with van der Waals surface area (Å²) in [5.41, 5.74) is 5.18. The van der Waals surface area contributed by atoms with Crippen molar-refractivity contribution >= 4 is 23.6 Å². The highest BCUT2D eigenvalue weighted by Crippen LogP contribution is 2.23. The van der Waals surface area contributed by atoms with Gasteiger partial charge in [-0.2, -0.15) is 5.10 Å². The van der Waals surface area contributed by atoms with Crippen LogP contribution >= 0.6 is 0 Å². The van der Waals surface area contributed by atoms with Crippen molar-refractivity contribution in [2.24, 2.45) is 10.1 Å². The molecule has 8 nitrogen and oxygen atoms in total. The number of benzene rings is 1. The fourth-order valence-electron chi connectivity index (χ4n) is 3.19. The number of carbonyl (C=O) groups is 2. The summed E-state index contributed by atoms with van der Waals surface area (Å²) in [5, 5.41) is 6.73. The number of hydrogen-bond donors (Lipinski definition) is 2. The van der Waals surface area contributed by atoms with Crippen molar-refractivity contribution in [3.8, 4) is 0 Å². The Morgan fingerprint density at radius 3 is 2.74 bits per heavy atom. The Morgan fingerprint density at radius 1 is 1.30 bits per heavy atom. The Morgan fingerprint density at radius 2 is 2.04 bits per heavy atom. The fourth-order valence-corrected chi connectivity index (χ4v) is 3.19. The average Bonchev–Trinajstić information content (AvgIpc) is 3.04. The summed E-state index contributed by atoms with van der Waals surface area (Å²) in [7, 11) is 1.65. The van der Waals surface area contributed by atoms with Crippen molar-refractivity contribution in [3.63, 3.8) is 0 Å². The van der Waals surface area contributed by atoms with Crippen molar-refractivity contribution in [2.45, 2.75) is 45.3 Å². The molecule has 2 unspecified atom stereocenters. The van der Waals surface area contributed by atoms with Crippen LogP contribution in [0.1, 0.15) is 32.3 Å². The third kappa shape index (κ3) is 4.10. The molecule has 0 saturated carbocycles. The topological polar surface area (TPSA) is 89.4 Å². The number of aryl methyl sites for hydroxylation is 1. The van der Waals surface area contributed by atoms with Crippen LogP contribution in [0.15, 0.2) is 40.4 Å². The summed E-state index contributed by atoms with van der Waals surface area (Å²) < 4.78 is 0. The van der Waals surface area contributed by atoms with E-state index < -0.39 is 18.2 Å². The third-order valence-corrected chi connectivity index (χ3v) is 4.93. The van der Waals surface area contributed by atoms with Crippen LogP contribution in [0, 0.1) is 0 Å². The predicted octanol–water partition coefficient (Wildman–Crippen LogP) is 1.54. The molecule has 0 spiro atoms. The largest absolute Gasteiger partial charge is 0.326 e. The molecule has 144 valence electrons. The molecule has 2 atom stereocenters. The molecule has 2 heterocycles. The Hall–Kier alpha value is -2.90. The van der Waals surface area contributed by atoms with Crippen LogP contribution < -0.4 is 10.7 Å². The van der Waals surface area contributed by atoms with E-state index in [9.17, 15) is 9.59 Å². The monoisotopic (exact) mass is 370 g/mol. The molecule has 8 heteroatoms. The van der Waals surface area contributed by atoms with Crippen LogP contribution in [0.3, 0.4) is 0 Å². The molecule has 1 aromatic carbocycles. The smallest absolute Gasteiger partial charge is 0.325 e. The van der Waals surface area contributed by atoms with Gasteiger partial charge in [-0.3, -0.25) is 10.1 Å². The number of imide groups is 1. The zero-order chi connectivity index (χ0) is 19.4. The van der Waals surface area contributed by atoms with E-state index in [0.717, 1.165) is 25.0 Å². The first kappa shape index (κ1) is 18.9. The highest BCUT2D eigenvalue weighted by Gasteiger charge is 2.48. The normalized spacial score (nSPS) is 22.5. The molecule has 3 rings (SSSR count). The van der Waals surface area contributed by atoms with Gasteiger partial charge in [0.1, 0.15) is 0 Å². The van der Waals surface area contributed by atoms with Crippen molar-refractivity contribution in [2.75, 3.05) is 13.6 Å². The highest BCUT2D eigenvalue weighted by molar-refractivity contribution is 6.03. The maximum atomic E-state index is 12.5. The van der Waals surface area contributed by atoms with E-state index in [0.29, 0.717) is 12.5 Å². The van der Waals surface area contributed by atoms with E-state index >= 15 is 0 Å². The molecule has 0 aromatic heterocycles. The number of rotatable bonds is 6. The van der Waals surface area contributed by atoms with E-state index in [1.54, 1.807) is 7.05 Å². The second kappa shape index (κ2) is 8.20. The lowest BCUT2D eigenvalue weighted by Gasteiger charge is -2.36. The Kier molecular flexibility index (Phi) is 5.73. The van der Waals surface area contributed by atoms with Gasteiger partial charge in [0.2, 0.25) is 5.96 Å². The summed E-state index contributed by atoms with van der Waals surface area (Å²) in [6.45, 7) is 4.59. The summed E-state index contributed by atoms with van der Waals surface area (Å²) >= 11 is 0. The maximum absolute atomic E-state index is 12.5. The molecule has 3 amide bonds. The predicted molar refractivity (Wildman–Crippen MR) is 104 cm³/mol. The molecule has 27 heavy (non-hydrogen) atoms. The number of urea groups is 1. The van der Waals surface area contributed by atoms with Crippen LogP contribution in [-0.4, -0.2) is 59.2 Å². The van der Waals surface area contributed by atoms with Crippen LogP contribution in [0.25, 0.3) is 0 Å². The van der Waals surface area contributed by atoms with Gasteiger partial charge in [0, 0.05) is 19.3 Å². The Balaban J connectivity index is 1.75. The number of hydrogen-bond acceptors (Lipinski definition) is 6. The summed E-state index contributed by atoms with van der Waals surface area (Å²) in [6, 6.07) is 9.26. The number of aliphatic imine (C=N–C) groups is 1. The second-order valence-corrected chi connectivity index (χ2v) is 6.81. The molecule has 2 aliphatic heterocycles. The van der Waals surface area contributed by atoms with Crippen molar-refractivity contribution in [1.29, 1.82) is 0 Å². The van der Waals surface area contributed by atoms with Gasteiger partial charge in [0.15, 0.2) is 12.2 Å². The number of hydrazone groups is 1. The first-order valence-electron chi connectivity index (χ1n) is 9.26. The Bertz CT molecular complexity index is 761. The molecule has 0 aliphatic carbocycles. The van der Waals surface area contributed by atoms with E-state index in [1.165, 1.54) is 10.5 Å². The lowest BCUT2D eigenvalue weighted by Crippen LogP contribution is -2.64.